The maximum atomic E-state index is 11.6. The second kappa shape index (κ2) is 6.08. The summed E-state index contributed by atoms with van der Waals surface area (Å²) in [4.78, 5) is 19.1. The van der Waals surface area contributed by atoms with E-state index in [0.29, 0.717) is 12.0 Å². The third-order valence-corrected chi connectivity index (χ3v) is 2.00. The fourth-order valence-corrected chi connectivity index (χ4v) is 1.19. The van der Waals surface area contributed by atoms with Crippen LogP contribution in [0.15, 0.2) is 18.7 Å². The lowest BCUT2D eigenvalue weighted by Crippen LogP contribution is -2.32. The number of nitrogens with one attached hydrogen (secondary N) is 1. The third-order valence-electron chi connectivity index (χ3n) is 2.00. The van der Waals surface area contributed by atoms with Crippen molar-refractivity contribution in [3.8, 4) is 0 Å². The van der Waals surface area contributed by atoms with Gasteiger partial charge in [0.05, 0.1) is 5.56 Å². The molecule has 0 spiro atoms. The molecule has 2 N–H and O–H groups in total. The van der Waals surface area contributed by atoms with Crippen molar-refractivity contribution in [3.05, 3.63) is 24.3 Å². The molecule has 1 atom stereocenters. The SMILES string of the molecule is CC(CCCO)NC(=O)c1cncnc1. The minimum absolute atomic E-state index is 0.0462. The highest BCUT2D eigenvalue weighted by Crippen LogP contribution is 1.98. The van der Waals surface area contributed by atoms with Crippen molar-refractivity contribution in [1.29, 1.82) is 0 Å². The van der Waals surface area contributed by atoms with Crippen LogP contribution < -0.4 is 5.32 Å². The summed E-state index contributed by atoms with van der Waals surface area (Å²) in [6, 6.07) is 0.0462. The average molecular weight is 209 g/mol. The van der Waals surface area contributed by atoms with Crippen LogP contribution in [-0.4, -0.2) is 33.6 Å². The van der Waals surface area contributed by atoms with Crippen LogP contribution in [0.25, 0.3) is 0 Å². The van der Waals surface area contributed by atoms with Gasteiger partial charge < -0.3 is 10.4 Å². The maximum absolute atomic E-state index is 11.6. The molecule has 0 aliphatic heterocycles. The molecule has 1 amide bonds. The normalized spacial score (nSPS) is 12.1. The Hall–Kier alpha value is -1.49. The van der Waals surface area contributed by atoms with Gasteiger partial charge in [-0.2, -0.15) is 0 Å². The summed E-state index contributed by atoms with van der Waals surface area (Å²) in [5.74, 6) is -0.180. The Balaban J connectivity index is 2.42. The van der Waals surface area contributed by atoms with E-state index in [2.05, 4.69) is 15.3 Å². The zero-order valence-corrected chi connectivity index (χ0v) is 8.68. The van der Waals surface area contributed by atoms with E-state index < -0.39 is 0 Å². The predicted molar refractivity (Wildman–Crippen MR) is 55.3 cm³/mol. The van der Waals surface area contributed by atoms with E-state index in [4.69, 9.17) is 5.11 Å². The molecule has 0 aromatic carbocycles. The lowest BCUT2D eigenvalue weighted by atomic mass is 10.2. The van der Waals surface area contributed by atoms with E-state index in [0.717, 1.165) is 6.42 Å². The zero-order valence-electron chi connectivity index (χ0n) is 8.68. The predicted octanol–water partition coefficient (Wildman–Crippen LogP) is 0.367. The minimum Gasteiger partial charge on any atom is -0.396 e. The van der Waals surface area contributed by atoms with Gasteiger partial charge >= 0.3 is 0 Å². The first-order valence-electron chi connectivity index (χ1n) is 4.90. The van der Waals surface area contributed by atoms with Crippen LogP contribution in [0.2, 0.25) is 0 Å². The highest BCUT2D eigenvalue weighted by Gasteiger charge is 2.09. The van der Waals surface area contributed by atoms with Gasteiger partial charge in [-0.05, 0) is 19.8 Å². The molecule has 5 nitrogen and oxygen atoms in total. The highest BCUT2D eigenvalue weighted by atomic mass is 16.2. The van der Waals surface area contributed by atoms with Gasteiger partial charge in [-0.15, -0.1) is 0 Å². The number of nitrogens with zero attached hydrogens (tertiary/aromatic N) is 2. The van der Waals surface area contributed by atoms with Crippen LogP contribution in [-0.2, 0) is 0 Å². The Morgan fingerprint density at radius 2 is 2.20 bits per heavy atom. The maximum Gasteiger partial charge on any atom is 0.254 e. The number of aliphatic hydroxyl groups is 1. The monoisotopic (exact) mass is 209 g/mol. The van der Waals surface area contributed by atoms with E-state index in [1.54, 1.807) is 0 Å². The van der Waals surface area contributed by atoms with Crippen molar-refractivity contribution in [2.75, 3.05) is 6.61 Å². The van der Waals surface area contributed by atoms with Crippen LogP contribution >= 0.6 is 0 Å². The fraction of sp³-hybridized carbons (Fsp3) is 0.500. The number of aromatic nitrogens is 2. The van der Waals surface area contributed by atoms with E-state index in [1.165, 1.54) is 18.7 Å². The fourth-order valence-electron chi connectivity index (χ4n) is 1.19. The van der Waals surface area contributed by atoms with Crippen molar-refractivity contribution >= 4 is 5.91 Å². The Morgan fingerprint density at radius 3 is 2.80 bits per heavy atom. The van der Waals surface area contributed by atoms with Gasteiger partial charge in [0, 0.05) is 25.0 Å². The van der Waals surface area contributed by atoms with Crippen molar-refractivity contribution in [2.45, 2.75) is 25.8 Å². The second-order valence-electron chi connectivity index (χ2n) is 3.37. The molecule has 0 aliphatic rings. The van der Waals surface area contributed by atoms with E-state index in [1.807, 2.05) is 6.92 Å². The summed E-state index contributed by atoms with van der Waals surface area (Å²) in [7, 11) is 0. The average Bonchev–Trinajstić information content (AvgIpc) is 2.27. The molecule has 1 aromatic heterocycles. The molecule has 0 aliphatic carbocycles. The molecule has 15 heavy (non-hydrogen) atoms. The molecule has 1 rings (SSSR count). The van der Waals surface area contributed by atoms with E-state index in [-0.39, 0.29) is 18.6 Å². The van der Waals surface area contributed by atoms with Crippen molar-refractivity contribution in [2.24, 2.45) is 0 Å². The topological polar surface area (TPSA) is 75.1 Å². The molecule has 0 saturated carbocycles. The molecule has 5 heteroatoms. The first-order valence-corrected chi connectivity index (χ1v) is 4.90. The van der Waals surface area contributed by atoms with Gasteiger partial charge in [0.25, 0.3) is 5.91 Å². The zero-order chi connectivity index (χ0) is 11.1. The number of amides is 1. The molecule has 0 saturated heterocycles. The van der Waals surface area contributed by atoms with E-state index in [9.17, 15) is 4.79 Å². The van der Waals surface area contributed by atoms with Gasteiger partial charge in [0.1, 0.15) is 6.33 Å². The number of aliphatic hydroxyl groups excluding tert-OH is 1. The molecular weight excluding hydrogens is 194 g/mol. The number of hydrogen-bond donors (Lipinski definition) is 2. The molecule has 0 fully saturated rings. The van der Waals surface area contributed by atoms with Crippen molar-refractivity contribution < 1.29 is 9.90 Å². The van der Waals surface area contributed by atoms with Crippen molar-refractivity contribution in [3.63, 3.8) is 0 Å². The Morgan fingerprint density at radius 1 is 1.53 bits per heavy atom. The first kappa shape index (κ1) is 11.6. The minimum atomic E-state index is -0.180. The largest absolute Gasteiger partial charge is 0.396 e. The van der Waals surface area contributed by atoms with Gasteiger partial charge in [0.15, 0.2) is 0 Å². The summed E-state index contributed by atoms with van der Waals surface area (Å²) < 4.78 is 0. The summed E-state index contributed by atoms with van der Waals surface area (Å²) in [5, 5.41) is 11.4. The van der Waals surface area contributed by atoms with Crippen LogP contribution in [0.4, 0.5) is 0 Å². The number of carbonyl (C=O) groups is 1. The van der Waals surface area contributed by atoms with Crippen LogP contribution in [0, 0.1) is 0 Å². The Kier molecular flexibility index (Phi) is 4.70. The van der Waals surface area contributed by atoms with Gasteiger partial charge in [0.2, 0.25) is 0 Å². The molecule has 0 radical (unpaired) electrons. The summed E-state index contributed by atoms with van der Waals surface area (Å²) in [5.41, 5.74) is 0.452. The van der Waals surface area contributed by atoms with Gasteiger partial charge in [-0.1, -0.05) is 0 Å². The second-order valence-corrected chi connectivity index (χ2v) is 3.37. The van der Waals surface area contributed by atoms with Gasteiger partial charge in [-0.25, -0.2) is 9.97 Å². The smallest absolute Gasteiger partial charge is 0.254 e. The Bertz CT molecular complexity index is 303. The lowest BCUT2D eigenvalue weighted by molar-refractivity contribution is 0.0935. The molecule has 0 bridgehead atoms. The quantitative estimate of drug-likeness (QED) is 0.734. The van der Waals surface area contributed by atoms with Gasteiger partial charge in [-0.3, -0.25) is 4.79 Å². The summed E-state index contributed by atoms with van der Waals surface area (Å²) in [6.07, 6.45) is 5.77. The molecular formula is C10H15N3O2. The molecule has 82 valence electrons. The highest BCUT2D eigenvalue weighted by molar-refractivity contribution is 5.93. The van der Waals surface area contributed by atoms with Crippen molar-refractivity contribution in [1.82, 2.24) is 15.3 Å². The molecule has 1 unspecified atom stereocenters. The first-order chi connectivity index (χ1) is 7.24. The summed E-state index contributed by atoms with van der Waals surface area (Å²) >= 11 is 0. The molecule has 1 heterocycles. The lowest BCUT2D eigenvalue weighted by Gasteiger charge is -2.12. The van der Waals surface area contributed by atoms with E-state index >= 15 is 0 Å². The third kappa shape index (κ3) is 4.03. The standard InChI is InChI=1S/C10H15N3O2/c1-8(3-2-4-14)13-10(15)9-5-11-7-12-6-9/h5-8,14H,2-4H2,1H3,(H,13,15). The summed E-state index contributed by atoms with van der Waals surface area (Å²) in [6.45, 7) is 2.05. The number of rotatable bonds is 5. The Labute approximate surface area is 88.6 Å². The van der Waals surface area contributed by atoms with Crippen LogP contribution in [0.1, 0.15) is 30.1 Å². The number of hydrogen-bond acceptors (Lipinski definition) is 4. The number of carbonyl (C=O) groups excluding carboxylic acids is 1. The molecule has 1 aromatic rings. The van der Waals surface area contributed by atoms with Crippen LogP contribution in [0.5, 0.6) is 0 Å². The van der Waals surface area contributed by atoms with Crippen LogP contribution in [0.3, 0.4) is 0 Å².